The Morgan fingerprint density at radius 1 is 1.24 bits per heavy atom. The molecule has 0 unspecified atom stereocenters. The van der Waals surface area contributed by atoms with Crippen molar-refractivity contribution in [2.24, 2.45) is 0 Å². The van der Waals surface area contributed by atoms with Crippen molar-refractivity contribution in [3.8, 4) is 5.75 Å². The minimum absolute atomic E-state index is 0.0181. The summed E-state index contributed by atoms with van der Waals surface area (Å²) in [5.74, 6) is 0.347. The van der Waals surface area contributed by atoms with Gasteiger partial charge in [0, 0.05) is 12.0 Å². The highest BCUT2D eigenvalue weighted by Gasteiger charge is 2.09. The van der Waals surface area contributed by atoms with Gasteiger partial charge in [0.1, 0.15) is 11.6 Å². The van der Waals surface area contributed by atoms with E-state index in [1.165, 1.54) is 6.07 Å². The van der Waals surface area contributed by atoms with Gasteiger partial charge in [0.05, 0.1) is 11.1 Å². The van der Waals surface area contributed by atoms with E-state index in [1.807, 2.05) is 13.0 Å². The maximum Gasteiger partial charge on any atom is 0.167 e. The fourth-order valence-electron chi connectivity index (χ4n) is 1.92. The van der Waals surface area contributed by atoms with E-state index in [0.29, 0.717) is 22.4 Å². The largest absolute Gasteiger partial charge is 0.494 e. The van der Waals surface area contributed by atoms with Crippen molar-refractivity contribution in [3.63, 3.8) is 0 Å². The van der Waals surface area contributed by atoms with Crippen LogP contribution in [0, 0.1) is 5.82 Å². The van der Waals surface area contributed by atoms with Crippen LogP contribution < -0.4 is 4.74 Å². The molecule has 2 aromatic carbocycles. The third-order valence-corrected chi connectivity index (χ3v) is 3.59. The number of hydrogen-bond acceptors (Lipinski definition) is 2. The van der Waals surface area contributed by atoms with E-state index in [2.05, 4.69) is 15.9 Å². The summed E-state index contributed by atoms with van der Waals surface area (Å²) in [5, 5.41) is 0. The molecular formula is C17H16BrFO2. The van der Waals surface area contributed by atoms with Gasteiger partial charge in [0.25, 0.3) is 0 Å². The first-order valence-corrected chi connectivity index (χ1v) is 7.59. The molecule has 2 nitrogen and oxygen atoms in total. The lowest BCUT2D eigenvalue weighted by atomic mass is 10.0. The highest BCUT2D eigenvalue weighted by molar-refractivity contribution is 9.10. The lowest BCUT2D eigenvalue weighted by Crippen LogP contribution is -2.04. The third kappa shape index (κ3) is 4.39. The van der Waals surface area contributed by atoms with Crippen LogP contribution in [-0.2, 0) is 6.42 Å². The maximum absolute atomic E-state index is 13.2. The van der Waals surface area contributed by atoms with Gasteiger partial charge in [0.2, 0.25) is 0 Å². The Morgan fingerprint density at radius 3 is 2.76 bits per heavy atom. The Balaban J connectivity index is 2.10. The van der Waals surface area contributed by atoms with Crippen molar-refractivity contribution in [1.29, 1.82) is 0 Å². The summed E-state index contributed by atoms with van der Waals surface area (Å²) in [4.78, 5) is 12.3. The molecule has 0 saturated heterocycles. The van der Waals surface area contributed by atoms with Crippen LogP contribution in [0.2, 0.25) is 0 Å². The molecule has 0 saturated carbocycles. The van der Waals surface area contributed by atoms with Crippen LogP contribution in [0.15, 0.2) is 46.9 Å². The lowest BCUT2D eigenvalue weighted by Gasteiger charge is -2.07. The van der Waals surface area contributed by atoms with Gasteiger partial charge in [-0.2, -0.15) is 0 Å². The molecule has 0 aliphatic carbocycles. The molecule has 0 heterocycles. The van der Waals surface area contributed by atoms with Crippen LogP contribution in [0.4, 0.5) is 4.39 Å². The molecule has 2 aromatic rings. The molecule has 0 amide bonds. The van der Waals surface area contributed by atoms with Crippen molar-refractivity contribution >= 4 is 21.7 Å². The predicted molar refractivity (Wildman–Crippen MR) is 84.4 cm³/mol. The molecular weight excluding hydrogens is 335 g/mol. The van der Waals surface area contributed by atoms with Crippen molar-refractivity contribution < 1.29 is 13.9 Å². The minimum atomic E-state index is -0.332. The van der Waals surface area contributed by atoms with E-state index in [0.717, 1.165) is 12.0 Å². The van der Waals surface area contributed by atoms with Gasteiger partial charge in [-0.25, -0.2) is 4.39 Å². The molecule has 0 fully saturated rings. The van der Waals surface area contributed by atoms with Gasteiger partial charge in [-0.1, -0.05) is 25.1 Å². The first-order valence-electron chi connectivity index (χ1n) is 6.80. The average Bonchev–Trinajstić information content (AvgIpc) is 2.49. The highest BCUT2D eigenvalue weighted by Crippen LogP contribution is 2.19. The van der Waals surface area contributed by atoms with Crippen LogP contribution in [0.5, 0.6) is 5.75 Å². The summed E-state index contributed by atoms with van der Waals surface area (Å²) in [7, 11) is 0. The number of carbonyl (C=O) groups is 1. The van der Waals surface area contributed by atoms with Crippen LogP contribution in [0.3, 0.4) is 0 Å². The topological polar surface area (TPSA) is 26.3 Å². The van der Waals surface area contributed by atoms with Crippen LogP contribution >= 0.6 is 15.9 Å². The third-order valence-electron chi connectivity index (χ3n) is 2.98. The SMILES string of the molecule is CCCOc1cccc(C(=O)Cc2ccc(F)c(Br)c2)c1. The lowest BCUT2D eigenvalue weighted by molar-refractivity contribution is 0.0992. The van der Waals surface area contributed by atoms with E-state index in [4.69, 9.17) is 4.74 Å². The van der Waals surface area contributed by atoms with Crippen molar-refractivity contribution in [1.82, 2.24) is 0 Å². The molecule has 0 bridgehead atoms. The predicted octanol–water partition coefficient (Wildman–Crippen LogP) is 4.80. The summed E-state index contributed by atoms with van der Waals surface area (Å²) in [5.41, 5.74) is 1.37. The Bertz CT molecular complexity index is 640. The maximum atomic E-state index is 13.2. The second-order valence-corrected chi connectivity index (χ2v) is 5.58. The summed E-state index contributed by atoms with van der Waals surface area (Å²) in [6.45, 7) is 2.66. The smallest absolute Gasteiger partial charge is 0.167 e. The minimum Gasteiger partial charge on any atom is -0.494 e. The van der Waals surface area contributed by atoms with Crippen molar-refractivity contribution in [2.75, 3.05) is 6.61 Å². The summed E-state index contributed by atoms with van der Waals surface area (Å²) >= 11 is 3.13. The van der Waals surface area contributed by atoms with Crippen LogP contribution in [-0.4, -0.2) is 12.4 Å². The van der Waals surface area contributed by atoms with Gasteiger partial charge in [-0.15, -0.1) is 0 Å². The molecule has 4 heteroatoms. The molecule has 0 aliphatic rings. The van der Waals surface area contributed by atoms with E-state index >= 15 is 0 Å². The number of halogens is 2. The Labute approximate surface area is 132 Å². The van der Waals surface area contributed by atoms with E-state index in [-0.39, 0.29) is 18.0 Å². The van der Waals surface area contributed by atoms with Crippen LogP contribution in [0.1, 0.15) is 29.3 Å². The fourth-order valence-corrected chi connectivity index (χ4v) is 2.34. The Hall–Kier alpha value is -1.68. The second-order valence-electron chi connectivity index (χ2n) is 4.72. The highest BCUT2D eigenvalue weighted by atomic mass is 79.9. The Morgan fingerprint density at radius 2 is 2.05 bits per heavy atom. The van der Waals surface area contributed by atoms with Gasteiger partial charge in [-0.3, -0.25) is 4.79 Å². The molecule has 0 aliphatic heterocycles. The van der Waals surface area contributed by atoms with Gasteiger partial charge >= 0.3 is 0 Å². The second kappa shape index (κ2) is 7.36. The summed E-state index contributed by atoms with van der Waals surface area (Å²) in [6, 6.07) is 11.8. The van der Waals surface area contributed by atoms with Crippen LogP contribution in [0.25, 0.3) is 0 Å². The number of hydrogen-bond donors (Lipinski definition) is 0. The number of rotatable bonds is 6. The number of benzene rings is 2. The average molecular weight is 351 g/mol. The molecule has 0 radical (unpaired) electrons. The number of ether oxygens (including phenoxy) is 1. The molecule has 0 spiro atoms. The van der Waals surface area contributed by atoms with Crippen molar-refractivity contribution in [3.05, 3.63) is 63.9 Å². The quantitative estimate of drug-likeness (QED) is 0.699. The number of carbonyl (C=O) groups excluding carboxylic acids is 1. The number of Topliss-reactive ketones (excluding diaryl/α,β-unsaturated/α-hetero) is 1. The van der Waals surface area contributed by atoms with E-state index < -0.39 is 0 Å². The normalized spacial score (nSPS) is 10.4. The zero-order chi connectivity index (χ0) is 15.2. The van der Waals surface area contributed by atoms with E-state index in [9.17, 15) is 9.18 Å². The summed E-state index contributed by atoms with van der Waals surface area (Å²) in [6.07, 6.45) is 1.15. The zero-order valence-electron chi connectivity index (χ0n) is 11.7. The zero-order valence-corrected chi connectivity index (χ0v) is 13.3. The number of ketones is 1. The molecule has 0 N–H and O–H groups in total. The van der Waals surface area contributed by atoms with Gasteiger partial charge < -0.3 is 4.74 Å². The molecule has 2 rings (SSSR count). The standard InChI is InChI=1S/C17H16BrFO2/c1-2-8-21-14-5-3-4-13(11-14)17(20)10-12-6-7-16(19)15(18)9-12/h3-7,9,11H,2,8,10H2,1H3. The van der Waals surface area contributed by atoms with Crippen molar-refractivity contribution in [2.45, 2.75) is 19.8 Å². The van der Waals surface area contributed by atoms with E-state index in [1.54, 1.807) is 30.3 Å². The molecule has 0 aromatic heterocycles. The monoisotopic (exact) mass is 350 g/mol. The Kier molecular flexibility index (Phi) is 5.51. The molecule has 110 valence electrons. The summed E-state index contributed by atoms with van der Waals surface area (Å²) < 4.78 is 19.1. The first kappa shape index (κ1) is 15.7. The van der Waals surface area contributed by atoms with Gasteiger partial charge in [-0.05, 0) is 52.2 Å². The molecule has 21 heavy (non-hydrogen) atoms. The molecule has 0 atom stereocenters. The van der Waals surface area contributed by atoms with Gasteiger partial charge in [0.15, 0.2) is 5.78 Å². The fraction of sp³-hybridized carbons (Fsp3) is 0.235. The first-order chi connectivity index (χ1) is 10.1.